The average Bonchev–Trinajstić information content (AvgIpc) is 2.58. The molecule has 9 heteroatoms. The molecular weight excluding hydrogens is 329 g/mol. The van der Waals surface area contributed by atoms with Crippen molar-refractivity contribution in [2.45, 2.75) is 0 Å². The third-order valence-electron chi connectivity index (χ3n) is 3.53. The summed E-state index contributed by atoms with van der Waals surface area (Å²) in [5, 5.41) is 10.9. The quantitative estimate of drug-likeness (QED) is 0.479. The minimum absolute atomic E-state index is 0.0224. The average molecular weight is 338 g/mol. The molecule has 1 amide bonds. The van der Waals surface area contributed by atoms with Crippen molar-refractivity contribution in [3.05, 3.63) is 63.5 Å². The minimum Gasteiger partial charge on any atom is -0.490 e. The number of non-ortho nitro benzene ring substituents is 1. The lowest BCUT2D eigenvalue weighted by atomic mass is 10.1. The predicted octanol–water partition coefficient (Wildman–Crippen LogP) is 3.05. The number of carbonyl (C=O) groups is 1. The number of rotatable bonds is 2. The van der Waals surface area contributed by atoms with E-state index < -0.39 is 33.8 Å². The van der Waals surface area contributed by atoms with Crippen molar-refractivity contribution in [3.63, 3.8) is 0 Å². The molecule has 124 valence electrons. The zero-order valence-corrected chi connectivity index (χ0v) is 12.0. The molecule has 0 N–H and O–H groups in total. The minimum atomic E-state index is -1.76. The maximum absolute atomic E-state index is 13.8. The number of halogens is 3. The summed E-state index contributed by atoms with van der Waals surface area (Å²) in [4.78, 5) is 23.8. The van der Waals surface area contributed by atoms with Gasteiger partial charge in [0.15, 0.2) is 17.5 Å². The van der Waals surface area contributed by atoms with Crippen LogP contribution in [0.4, 0.5) is 24.5 Å². The Balaban J connectivity index is 2.06. The van der Waals surface area contributed by atoms with E-state index in [0.717, 1.165) is 17.0 Å². The summed E-state index contributed by atoms with van der Waals surface area (Å²) < 4.78 is 45.5. The van der Waals surface area contributed by atoms with Gasteiger partial charge in [0.05, 0.1) is 22.7 Å². The lowest BCUT2D eigenvalue weighted by molar-refractivity contribution is -0.384. The number of amides is 1. The van der Waals surface area contributed by atoms with Crippen LogP contribution in [-0.2, 0) is 0 Å². The number of hydrogen-bond acceptors (Lipinski definition) is 4. The summed E-state index contributed by atoms with van der Waals surface area (Å²) in [6.07, 6.45) is 0. The molecule has 0 atom stereocenters. The number of nitro groups is 1. The molecule has 6 nitrogen and oxygen atoms in total. The first-order valence-corrected chi connectivity index (χ1v) is 6.76. The first kappa shape index (κ1) is 15.8. The zero-order chi connectivity index (χ0) is 17.4. The highest BCUT2D eigenvalue weighted by atomic mass is 19.2. The van der Waals surface area contributed by atoms with Gasteiger partial charge in [0, 0.05) is 12.1 Å². The lowest BCUT2D eigenvalue weighted by Gasteiger charge is -2.29. The topological polar surface area (TPSA) is 72.7 Å². The second-order valence-corrected chi connectivity index (χ2v) is 4.94. The first-order chi connectivity index (χ1) is 11.4. The number of nitrogens with zero attached hydrogens (tertiary/aromatic N) is 2. The number of nitro benzene ring substituents is 1. The molecule has 2 aromatic rings. The fraction of sp³-hybridized carbons (Fsp3) is 0.133. The lowest BCUT2D eigenvalue weighted by Crippen LogP contribution is -2.38. The van der Waals surface area contributed by atoms with Gasteiger partial charge in [-0.05, 0) is 18.2 Å². The number of anilines is 1. The van der Waals surface area contributed by atoms with Gasteiger partial charge in [0.25, 0.3) is 11.6 Å². The van der Waals surface area contributed by atoms with Gasteiger partial charge in [-0.3, -0.25) is 14.9 Å². The van der Waals surface area contributed by atoms with Gasteiger partial charge >= 0.3 is 0 Å². The third-order valence-corrected chi connectivity index (χ3v) is 3.53. The Hall–Kier alpha value is -3.10. The number of ether oxygens (including phenoxy) is 1. The van der Waals surface area contributed by atoms with Crippen LogP contribution in [-0.4, -0.2) is 24.0 Å². The highest BCUT2D eigenvalue weighted by Gasteiger charge is 2.29. The van der Waals surface area contributed by atoms with Gasteiger partial charge in [-0.15, -0.1) is 0 Å². The summed E-state index contributed by atoms with van der Waals surface area (Å²) in [6.45, 7) is 0.0489. The molecule has 0 bridgehead atoms. The van der Waals surface area contributed by atoms with Crippen LogP contribution >= 0.6 is 0 Å². The van der Waals surface area contributed by atoms with Crippen molar-refractivity contribution < 1.29 is 27.6 Å². The number of hydrogen-bond donors (Lipinski definition) is 0. The third kappa shape index (κ3) is 2.53. The van der Waals surface area contributed by atoms with Crippen LogP contribution in [0.1, 0.15) is 10.4 Å². The van der Waals surface area contributed by atoms with Gasteiger partial charge in [0.1, 0.15) is 12.4 Å². The van der Waals surface area contributed by atoms with E-state index in [0.29, 0.717) is 6.07 Å². The predicted molar refractivity (Wildman–Crippen MR) is 76.6 cm³/mol. The normalized spacial score (nSPS) is 13.2. The van der Waals surface area contributed by atoms with Crippen molar-refractivity contribution >= 4 is 17.3 Å². The molecule has 0 aromatic heterocycles. The Morgan fingerprint density at radius 2 is 1.92 bits per heavy atom. The van der Waals surface area contributed by atoms with Crippen molar-refractivity contribution in [1.82, 2.24) is 0 Å². The van der Waals surface area contributed by atoms with Crippen LogP contribution in [0.5, 0.6) is 5.75 Å². The fourth-order valence-corrected chi connectivity index (χ4v) is 2.37. The number of fused-ring (bicyclic) bond motifs is 1. The molecule has 1 aliphatic rings. The molecule has 2 aromatic carbocycles. The molecule has 0 unspecified atom stereocenters. The van der Waals surface area contributed by atoms with Crippen molar-refractivity contribution in [1.29, 1.82) is 0 Å². The van der Waals surface area contributed by atoms with Crippen LogP contribution in [0.15, 0.2) is 30.3 Å². The molecule has 0 fully saturated rings. The molecule has 0 saturated heterocycles. The molecule has 1 heterocycles. The second-order valence-electron chi connectivity index (χ2n) is 4.94. The summed E-state index contributed by atoms with van der Waals surface area (Å²) in [5.74, 6) is -5.53. The van der Waals surface area contributed by atoms with E-state index in [4.69, 9.17) is 4.74 Å². The Morgan fingerprint density at radius 1 is 1.17 bits per heavy atom. The van der Waals surface area contributed by atoms with E-state index in [-0.39, 0.29) is 30.3 Å². The maximum Gasteiger partial charge on any atom is 0.271 e. The van der Waals surface area contributed by atoms with E-state index in [1.54, 1.807) is 0 Å². The Labute approximate surface area is 133 Å². The smallest absolute Gasteiger partial charge is 0.271 e. The SMILES string of the molecule is O=C(c1ccc(F)c(F)c1F)N1CCOc2ccc([N+](=O)[O-])cc21. The van der Waals surface area contributed by atoms with Crippen LogP contribution < -0.4 is 9.64 Å². The zero-order valence-electron chi connectivity index (χ0n) is 12.0. The molecule has 24 heavy (non-hydrogen) atoms. The number of carbonyl (C=O) groups excluding carboxylic acids is 1. The van der Waals surface area contributed by atoms with E-state index in [1.165, 1.54) is 12.1 Å². The molecular formula is C15H9F3N2O4. The fourth-order valence-electron chi connectivity index (χ4n) is 2.37. The van der Waals surface area contributed by atoms with E-state index in [2.05, 4.69) is 0 Å². The summed E-state index contributed by atoms with van der Waals surface area (Å²) >= 11 is 0. The Bertz CT molecular complexity index is 857. The van der Waals surface area contributed by atoms with E-state index in [1.807, 2.05) is 0 Å². The first-order valence-electron chi connectivity index (χ1n) is 6.76. The second kappa shape index (κ2) is 5.84. The van der Waals surface area contributed by atoms with E-state index in [9.17, 15) is 28.1 Å². The van der Waals surface area contributed by atoms with Gasteiger partial charge < -0.3 is 9.64 Å². The van der Waals surface area contributed by atoms with Gasteiger partial charge in [-0.2, -0.15) is 0 Å². The Morgan fingerprint density at radius 3 is 2.62 bits per heavy atom. The Kier molecular flexibility index (Phi) is 3.84. The molecule has 0 saturated carbocycles. The molecule has 0 radical (unpaired) electrons. The van der Waals surface area contributed by atoms with Crippen LogP contribution in [0.25, 0.3) is 0 Å². The molecule has 0 spiro atoms. The van der Waals surface area contributed by atoms with Crippen LogP contribution in [0.2, 0.25) is 0 Å². The summed E-state index contributed by atoms with van der Waals surface area (Å²) in [5.41, 5.74) is -0.902. The van der Waals surface area contributed by atoms with Gasteiger partial charge in [-0.25, -0.2) is 13.2 Å². The van der Waals surface area contributed by atoms with Crippen LogP contribution in [0, 0.1) is 27.6 Å². The summed E-state index contributed by atoms with van der Waals surface area (Å²) in [6, 6.07) is 5.08. The number of benzene rings is 2. The molecule has 3 rings (SSSR count). The highest BCUT2D eigenvalue weighted by molar-refractivity contribution is 6.07. The monoisotopic (exact) mass is 338 g/mol. The van der Waals surface area contributed by atoms with Crippen molar-refractivity contribution in [2.24, 2.45) is 0 Å². The molecule has 1 aliphatic heterocycles. The van der Waals surface area contributed by atoms with Gasteiger partial charge in [0.2, 0.25) is 0 Å². The largest absolute Gasteiger partial charge is 0.490 e. The summed E-state index contributed by atoms with van der Waals surface area (Å²) in [7, 11) is 0. The van der Waals surface area contributed by atoms with Crippen LogP contribution in [0.3, 0.4) is 0 Å². The van der Waals surface area contributed by atoms with Gasteiger partial charge in [-0.1, -0.05) is 0 Å². The highest BCUT2D eigenvalue weighted by Crippen LogP contribution is 2.36. The maximum atomic E-state index is 13.8. The van der Waals surface area contributed by atoms with E-state index >= 15 is 0 Å². The van der Waals surface area contributed by atoms with Crippen molar-refractivity contribution in [2.75, 3.05) is 18.1 Å². The molecule has 0 aliphatic carbocycles. The standard InChI is InChI=1S/C15H9F3N2O4/c16-10-3-2-9(13(17)14(10)18)15(21)19-5-6-24-12-4-1-8(20(22)23)7-11(12)19/h1-4,7H,5-6H2. The van der Waals surface area contributed by atoms with Crippen molar-refractivity contribution in [3.8, 4) is 5.75 Å².